The Morgan fingerprint density at radius 2 is 2.00 bits per heavy atom. The molecule has 1 N–H and O–H groups in total. The molecule has 2 aromatic rings. The van der Waals surface area contributed by atoms with Crippen LogP contribution in [0.15, 0.2) is 41.8 Å². The molecule has 0 fully saturated rings. The fourth-order valence-corrected chi connectivity index (χ4v) is 3.47. The summed E-state index contributed by atoms with van der Waals surface area (Å²) in [5, 5.41) is 5.53. The maximum atomic E-state index is 12.1. The molecule has 1 unspecified atom stereocenters. The summed E-state index contributed by atoms with van der Waals surface area (Å²) in [5.41, 5.74) is 1.06. The molecule has 0 saturated carbocycles. The standard InChI is InChI=1S/C19H23ClN2O2S/c1-22(2)16(14-6-3-7-15(20)12-14)13-21-19(24)10-4-8-17(23)18-9-5-11-25-18/h3,5-7,9,11-12,16H,4,8,10,13H2,1-2H3,(H,21,24). The number of Topliss-reactive ketones (excluding diaryl/α,β-unsaturated/α-hetero) is 1. The molecule has 0 bridgehead atoms. The van der Waals surface area contributed by atoms with Crippen LogP contribution < -0.4 is 5.32 Å². The molecule has 0 aliphatic heterocycles. The zero-order chi connectivity index (χ0) is 18.2. The number of carbonyl (C=O) groups excluding carboxylic acids is 2. The smallest absolute Gasteiger partial charge is 0.220 e. The topological polar surface area (TPSA) is 49.4 Å². The summed E-state index contributed by atoms with van der Waals surface area (Å²) in [6, 6.07) is 11.4. The fraction of sp³-hybridized carbons (Fsp3) is 0.368. The average molecular weight is 379 g/mol. The van der Waals surface area contributed by atoms with Crippen LogP contribution in [0.5, 0.6) is 0 Å². The number of nitrogens with zero attached hydrogens (tertiary/aromatic N) is 1. The second-order valence-electron chi connectivity index (χ2n) is 6.09. The molecule has 0 saturated heterocycles. The van der Waals surface area contributed by atoms with E-state index in [4.69, 9.17) is 11.6 Å². The molecule has 25 heavy (non-hydrogen) atoms. The predicted octanol–water partition coefficient (Wildman–Crippen LogP) is 4.17. The summed E-state index contributed by atoms with van der Waals surface area (Å²) >= 11 is 7.50. The van der Waals surface area contributed by atoms with Gasteiger partial charge in [-0.25, -0.2) is 0 Å². The lowest BCUT2D eigenvalue weighted by atomic mass is 10.1. The highest BCUT2D eigenvalue weighted by molar-refractivity contribution is 7.12. The van der Waals surface area contributed by atoms with Gasteiger partial charge in [-0.1, -0.05) is 29.8 Å². The largest absolute Gasteiger partial charge is 0.354 e. The highest BCUT2D eigenvalue weighted by Gasteiger charge is 2.16. The number of benzene rings is 1. The number of hydrogen-bond donors (Lipinski definition) is 1. The third-order valence-electron chi connectivity index (χ3n) is 3.95. The van der Waals surface area contributed by atoms with Crippen LogP contribution in [0.4, 0.5) is 0 Å². The molecular formula is C19H23ClN2O2S. The molecular weight excluding hydrogens is 356 g/mol. The fourth-order valence-electron chi connectivity index (χ4n) is 2.58. The van der Waals surface area contributed by atoms with Crippen LogP contribution in [0.1, 0.15) is 40.5 Å². The SMILES string of the molecule is CN(C)C(CNC(=O)CCCC(=O)c1cccs1)c1cccc(Cl)c1. The van der Waals surface area contributed by atoms with Gasteiger partial charge in [0.25, 0.3) is 0 Å². The van der Waals surface area contributed by atoms with Gasteiger partial charge in [-0.2, -0.15) is 0 Å². The third kappa shape index (κ3) is 6.27. The number of amides is 1. The maximum absolute atomic E-state index is 12.1. The Hall–Kier alpha value is -1.69. The third-order valence-corrected chi connectivity index (χ3v) is 5.10. The molecule has 1 aromatic carbocycles. The lowest BCUT2D eigenvalue weighted by Gasteiger charge is -2.25. The first kappa shape index (κ1) is 19.6. The van der Waals surface area contributed by atoms with Crippen molar-refractivity contribution in [1.29, 1.82) is 0 Å². The molecule has 6 heteroatoms. The van der Waals surface area contributed by atoms with Gasteiger partial charge in [0.1, 0.15) is 0 Å². The second kappa shape index (κ2) is 9.70. The molecule has 0 aliphatic carbocycles. The van der Waals surface area contributed by atoms with Gasteiger partial charge < -0.3 is 10.2 Å². The summed E-state index contributed by atoms with van der Waals surface area (Å²) in [7, 11) is 3.94. The van der Waals surface area contributed by atoms with Gasteiger partial charge >= 0.3 is 0 Å². The summed E-state index contributed by atoms with van der Waals surface area (Å²) in [4.78, 5) is 26.8. The Balaban J connectivity index is 1.78. The van der Waals surface area contributed by atoms with Crippen LogP contribution in [0.25, 0.3) is 0 Å². The van der Waals surface area contributed by atoms with Gasteiger partial charge in [0.2, 0.25) is 5.91 Å². The molecule has 4 nitrogen and oxygen atoms in total. The molecule has 0 spiro atoms. The van der Waals surface area contributed by atoms with Gasteiger partial charge in [0, 0.05) is 24.4 Å². The second-order valence-corrected chi connectivity index (χ2v) is 7.48. The van der Waals surface area contributed by atoms with Gasteiger partial charge in [0.15, 0.2) is 5.78 Å². The van der Waals surface area contributed by atoms with E-state index in [1.165, 1.54) is 11.3 Å². The maximum Gasteiger partial charge on any atom is 0.220 e. The van der Waals surface area contributed by atoms with E-state index in [-0.39, 0.29) is 17.7 Å². The zero-order valence-corrected chi connectivity index (χ0v) is 16.1. The van der Waals surface area contributed by atoms with Crippen molar-refractivity contribution in [2.24, 2.45) is 0 Å². The Morgan fingerprint density at radius 1 is 1.20 bits per heavy atom. The van der Waals surface area contributed by atoms with E-state index in [2.05, 4.69) is 5.32 Å². The highest BCUT2D eigenvalue weighted by atomic mass is 35.5. The number of nitrogens with one attached hydrogen (secondary N) is 1. The monoisotopic (exact) mass is 378 g/mol. The van der Waals surface area contributed by atoms with Crippen molar-refractivity contribution in [3.8, 4) is 0 Å². The Labute approximate surface area is 157 Å². The van der Waals surface area contributed by atoms with Gasteiger partial charge in [-0.05, 0) is 49.7 Å². The van der Waals surface area contributed by atoms with E-state index in [9.17, 15) is 9.59 Å². The number of rotatable bonds is 9. The number of halogens is 1. The number of carbonyl (C=O) groups is 2. The Kier molecular flexibility index (Phi) is 7.62. The minimum absolute atomic E-state index is 0.0344. The predicted molar refractivity (Wildman–Crippen MR) is 103 cm³/mol. The van der Waals surface area contributed by atoms with Crippen molar-refractivity contribution < 1.29 is 9.59 Å². The molecule has 1 amide bonds. The van der Waals surface area contributed by atoms with E-state index in [0.29, 0.717) is 30.8 Å². The summed E-state index contributed by atoms with van der Waals surface area (Å²) in [6.45, 7) is 0.505. The number of ketones is 1. The first-order valence-corrected chi connectivity index (χ1v) is 9.48. The number of likely N-dealkylation sites (N-methyl/N-ethyl adjacent to an activating group) is 1. The molecule has 0 aliphatic rings. The number of hydrogen-bond acceptors (Lipinski definition) is 4. The van der Waals surface area contributed by atoms with Crippen LogP contribution in [0.2, 0.25) is 5.02 Å². The molecule has 1 heterocycles. The first-order valence-electron chi connectivity index (χ1n) is 8.22. The molecule has 134 valence electrons. The van der Waals surface area contributed by atoms with Crippen LogP contribution in [-0.4, -0.2) is 37.2 Å². The molecule has 1 atom stereocenters. The van der Waals surface area contributed by atoms with Crippen molar-refractivity contribution in [2.45, 2.75) is 25.3 Å². The lowest BCUT2D eigenvalue weighted by molar-refractivity contribution is -0.121. The van der Waals surface area contributed by atoms with Gasteiger partial charge in [0.05, 0.1) is 10.9 Å². The normalized spacial score (nSPS) is 12.2. The Bertz CT molecular complexity index is 701. The zero-order valence-electron chi connectivity index (χ0n) is 14.5. The summed E-state index contributed by atoms with van der Waals surface area (Å²) < 4.78 is 0. The average Bonchev–Trinajstić information content (AvgIpc) is 3.09. The lowest BCUT2D eigenvalue weighted by Crippen LogP contribution is -2.34. The molecule has 0 radical (unpaired) electrons. The highest BCUT2D eigenvalue weighted by Crippen LogP contribution is 2.21. The van der Waals surface area contributed by atoms with Crippen LogP contribution in [-0.2, 0) is 4.79 Å². The van der Waals surface area contributed by atoms with Crippen molar-refractivity contribution in [1.82, 2.24) is 10.2 Å². The minimum atomic E-state index is -0.0344. The van der Waals surface area contributed by atoms with Crippen molar-refractivity contribution >= 4 is 34.6 Å². The van der Waals surface area contributed by atoms with Gasteiger partial charge in [-0.15, -0.1) is 11.3 Å². The quantitative estimate of drug-likeness (QED) is 0.666. The Morgan fingerprint density at radius 3 is 2.64 bits per heavy atom. The van der Waals surface area contributed by atoms with Gasteiger partial charge in [-0.3, -0.25) is 9.59 Å². The van der Waals surface area contributed by atoms with E-state index < -0.39 is 0 Å². The van der Waals surface area contributed by atoms with E-state index in [1.807, 2.05) is 60.8 Å². The van der Waals surface area contributed by atoms with Crippen LogP contribution >= 0.6 is 22.9 Å². The van der Waals surface area contributed by atoms with Crippen molar-refractivity contribution in [3.63, 3.8) is 0 Å². The van der Waals surface area contributed by atoms with Crippen LogP contribution in [0, 0.1) is 0 Å². The van der Waals surface area contributed by atoms with Crippen molar-refractivity contribution in [2.75, 3.05) is 20.6 Å². The number of thiophene rings is 1. The van der Waals surface area contributed by atoms with E-state index in [0.717, 1.165) is 10.4 Å². The summed E-state index contributed by atoms with van der Waals surface area (Å²) in [6.07, 6.45) is 1.32. The summed E-state index contributed by atoms with van der Waals surface area (Å²) in [5.74, 6) is 0.0701. The van der Waals surface area contributed by atoms with E-state index >= 15 is 0 Å². The molecule has 1 aromatic heterocycles. The first-order chi connectivity index (χ1) is 12.0. The van der Waals surface area contributed by atoms with Crippen molar-refractivity contribution in [3.05, 3.63) is 57.2 Å². The van der Waals surface area contributed by atoms with Crippen LogP contribution in [0.3, 0.4) is 0 Å². The minimum Gasteiger partial charge on any atom is -0.354 e. The molecule has 2 rings (SSSR count). The van der Waals surface area contributed by atoms with E-state index in [1.54, 1.807) is 0 Å².